The molecule has 1 heterocycles. The molecule has 0 bridgehead atoms. The lowest BCUT2D eigenvalue weighted by Crippen LogP contribution is -2.11. The summed E-state index contributed by atoms with van der Waals surface area (Å²) in [7, 11) is 0. The Morgan fingerprint density at radius 1 is 0.315 bits per heavy atom. The van der Waals surface area contributed by atoms with Gasteiger partial charge in [-0.05, 0) is 107 Å². The standard InChI is InChI=1S/C52H31NS/c1-2-12-32(13-3-1)38-17-4-6-22-44(38)53(45-23-11-25-47-52(45)42-18-5-7-24-46(42)54-47)37-30-36-29-28-35-15-9-20-40-39-19-8-14-33-26-27-34-16-10-21-41(50(34)48(33)39)43(31-37)51(36)49(35)40/h1-31H. The van der Waals surface area contributed by atoms with Crippen LogP contribution in [0.25, 0.3) is 95.9 Å². The lowest BCUT2D eigenvalue weighted by Gasteiger charge is -2.29. The molecule has 0 fully saturated rings. The van der Waals surface area contributed by atoms with Crippen molar-refractivity contribution in [3.05, 3.63) is 188 Å². The van der Waals surface area contributed by atoms with Crippen LogP contribution in [0.15, 0.2) is 188 Å². The Hall–Kier alpha value is -6.74. The number of rotatable bonds is 4. The highest BCUT2D eigenvalue weighted by Gasteiger charge is 2.23. The summed E-state index contributed by atoms with van der Waals surface area (Å²) in [6.45, 7) is 0. The number of nitrogens with zero attached hydrogens (tertiary/aromatic N) is 1. The molecule has 0 aliphatic carbocycles. The SMILES string of the molecule is c1ccc(-c2ccccc2N(c2cc3ccc4cccc5c6cccc7ccc8cccc(c(c2)c3c45)c8c76)c2cccc3sc4ccccc4c23)cc1. The van der Waals surface area contributed by atoms with E-state index in [-0.39, 0.29) is 0 Å². The molecule has 0 amide bonds. The van der Waals surface area contributed by atoms with E-state index in [0.29, 0.717) is 0 Å². The summed E-state index contributed by atoms with van der Waals surface area (Å²) in [4.78, 5) is 2.53. The molecule has 250 valence electrons. The maximum atomic E-state index is 2.53. The van der Waals surface area contributed by atoms with Crippen molar-refractivity contribution in [1.29, 1.82) is 0 Å². The lowest BCUT2D eigenvalue weighted by atomic mass is 9.87. The third-order valence-corrected chi connectivity index (χ3v) is 12.7. The summed E-state index contributed by atoms with van der Waals surface area (Å²) >= 11 is 1.87. The third kappa shape index (κ3) is 4.20. The van der Waals surface area contributed by atoms with Crippen molar-refractivity contribution >= 4 is 113 Å². The summed E-state index contributed by atoms with van der Waals surface area (Å²) in [5, 5.41) is 18.0. The zero-order chi connectivity index (χ0) is 35.3. The van der Waals surface area contributed by atoms with E-state index >= 15 is 0 Å². The number of hydrogen-bond acceptors (Lipinski definition) is 2. The molecule has 0 radical (unpaired) electrons. The average Bonchev–Trinajstić information content (AvgIpc) is 3.62. The molecular weight excluding hydrogens is 671 g/mol. The second-order valence-electron chi connectivity index (χ2n) is 14.4. The Balaban J connectivity index is 1.29. The van der Waals surface area contributed by atoms with Crippen LogP contribution < -0.4 is 4.90 Å². The van der Waals surface area contributed by atoms with Crippen LogP contribution in [-0.4, -0.2) is 0 Å². The molecule has 0 aliphatic heterocycles. The van der Waals surface area contributed by atoms with Gasteiger partial charge in [-0.15, -0.1) is 11.3 Å². The smallest absolute Gasteiger partial charge is 0.0555 e. The van der Waals surface area contributed by atoms with Crippen molar-refractivity contribution < 1.29 is 0 Å². The minimum atomic E-state index is 1.14. The number of fused-ring (bicyclic) bond motifs is 5. The first-order chi connectivity index (χ1) is 26.8. The molecule has 0 saturated carbocycles. The van der Waals surface area contributed by atoms with Gasteiger partial charge >= 0.3 is 0 Å². The van der Waals surface area contributed by atoms with Gasteiger partial charge in [0.25, 0.3) is 0 Å². The van der Waals surface area contributed by atoms with Gasteiger partial charge in [0, 0.05) is 31.4 Å². The second kappa shape index (κ2) is 11.4. The Kier molecular flexibility index (Phi) is 6.28. The molecule has 12 rings (SSSR count). The summed E-state index contributed by atoms with van der Waals surface area (Å²) in [6.07, 6.45) is 0. The summed E-state index contributed by atoms with van der Waals surface area (Å²) in [5.74, 6) is 0. The highest BCUT2D eigenvalue weighted by atomic mass is 32.1. The van der Waals surface area contributed by atoms with Crippen LogP contribution in [0.5, 0.6) is 0 Å². The Bertz CT molecular complexity index is 3440. The van der Waals surface area contributed by atoms with Gasteiger partial charge in [-0.3, -0.25) is 0 Å². The average molecular weight is 702 g/mol. The summed E-state index contributed by atoms with van der Waals surface area (Å²) in [5.41, 5.74) is 5.85. The van der Waals surface area contributed by atoms with Crippen LogP contribution in [0.3, 0.4) is 0 Å². The van der Waals surface area contributed by atoms with Crippen molar-refractivity contribution in [2.45, 2.75) is 0 Å². The predicted molar refractivity (Wildman–Crippen MR) is 236 cm³/mol. The van der Waals surface area contributed by atoms with Gasteiger partial charge in [-0.25, -0.2) is 0 Å². The predicted octanol–water partition coefficient (Wildman–Crippen LogP) is 15.5. The van der Waals surface area contributed by atoms with Crippen molar-refractivity contribution in [3.8, 4) is 11.1 Å². The molecular formula is C52H31NS. The van der Waals surface area contributed by atoms with Crippen LogP contribution in [-0.2, 0) is 0 Å². The minimum absolute atomic E-state index is 1.14. The van der Waals surface area contributed by atoms with E-state index in [1.54, 1.807) is 0 Å². The molecule has 1 aromatic heterocycles. The molecule has 0 saturated heterocycles. The van der Waals surface area contributed by atoms with Gasteiger partial charge in [0.15, 0.2) is 0 Å². The van der Waals surface area contributed by atoms with Gasteiger partial charge in [0.2, 0.25) is 0 Å². The number of para-hydroxylation sites is 1. The molecule has 0 spiro atoms. The van der Waals surface area contributed by atoms with Crippen molar-refractivity contribution in [1.82, 2.24) is 0 Å². The van der Waals surface area contributed by atoms with E-state index in [4.69, 9.17) is 0 Å². The lowest BCUT2D eigenvalue weighted by molar-refractivity contribution is 1.31. The molecule has 1 nitrogen and oxygen atoms in total. The minimum Gasteiger partial charge on any atom is -0.309 e. The maximum Gasteiger partial charge on any atom is 0.0555 e. The van der Waals surface area contributed by atoms with Gasteiger partial charge in [-0.2, -0.15) is 0 Å². The molecule has 54 heavy (non-hydrogen) atoms. The Labute approximate surface area is 315 Å². The molecule has 11 aromatic carbocycles. The zero-order valence-corrected chi connectivity index (χ0v) is 30.1. The zero-order valence-electron chi connectivity index (χ0n) is 29.3. The van der Waals surface area contributed by atoms with Crippen molar-refractivity contribution in [3.63, 3.8) is 0 Å². The van der Waals surface area contributed by atoms with Gasteiger partial charge in [-0.1, -0.05) is 152 Å². The third-order valence-electron chi connectivity index (χ3n) is 11.5. The Morgan fingerprint density at radius 2 is 0.833 bits per heavy atom. The van der Waals surface area contributed by atoms with Crippen LogP contribution in [0.2, 0.25) is 0 Å². The summed E-state index contributed by atoms with van der Waals surface area (Å²) in [6, 6.07) is 70.0. The van der Waals surface area contributed by atoms with Crippen molar-refractivity contribution in [2.75, 3.05) is 4.90 Å². The normalized spacial score (nSPS) is 12.1. The quantitative estimate of drug-likeness (QED) is 0.165. The van der Waals surface area contributed by atoms with Crippen LogP contribution >= 0.6 is 11.3 Å². The molecule has 12 aromatic rings. The fraction of sp³-hybridized carbons (Fsp3) is 0. The van der Waals surface area contributed by atoms with Crippen LogP contribution in [0.1, 0.15) is 0 Å². The first kappa shape index (κ1) is 29.8. The maximum absolute atomic E-state index is 2.53. The van der Waals surface area contributed by atoms with Crippen molar-refractivity contribution in [2.24, 2.45) is 0 Å². The van der Waals surface area contributed by atoms with Crippen LogP contribution in [0, 0.1) is 0 Å². The fourth-order valence-corrected chi connectivity index (χ4v) is 10.4. The molecule has 0 atom stereocenters. The topological polar surface area (TPSA) is 3.24 Å². The number of thiophene rings is 1. The highest BCUT2D eigenvalue weighted by Crippen LogP contribution is 2.50. The molecule has 2 heteroatoms. The first-order valence-electron chi connectivity index (χ1n) is 18.6. The van der Waals surface area contributed by atoms with E-state index < -0.39 is 0 Å². The second-order valence-corrected chi connectivity index (χ2v) is 15.5. The highest BCUT2D eigenvalue weighted by molar-refractivity contribution is 7.26. The van der Waals surface area contributed by atoms with E-state index in [1.165, 1.54) is 102 Å². The number of benzene rings is 10. The van der Waals surface area contributed by atoms with E-state index in [0.717, 1.165) is 11.4 Å². The van der Waals surface area contributed by atoms with E-state index in [9.17, 15) is 0 Å². The Morgan fingerprint density at radius 3 is 1.56 bits per heavy atom. The first-order valence-corrected chi connectivity index (χ1v) is 19.4. The largest absolute Gasteiger partial charge is 0.309 e. The van der Waals surface area contributed by atoms with Gasteiger partial charge in [0.05, 0.1) is 11.4 Å². The van der Waals surface area contributed by atoms with E-state index in [1.807, 2.05) is 11.3 Å². The molecule has 0 N–H and O–H groups in total. The number of hydrogen-bond donors (Lipinski definition) is 0. The van der Waals surface area contributed by atoms with Gasteiger partial charge in [0.1, 0.15) is 0 Å². The monoisotopic (exact) mass is 701 g/mol. The summed E-state index contributed by atoms with van der Waals surface area (Å²) < 4.78 is 2.59. The van der Waals surface area contributed by atoms with E-state index in [2.05, 4.69) is 193 Å². The van der Waals surface area contributed by atoms with Crippen LogP contribution in [0.4, 0.5) is 17.1 Å². The fourth-order valence-electron chi connectivity index (χ4n) is 9.28. The van der Waals surface area contributed by atoms with Gasteiger partial charge < -0.3 is 4.90 Å². The number of anilines is 3. The molecule has 0 unspecified atom stereocenters. The molecule has 0 aliphatic rings.